The fraction of sp³-hybridized carbons (Fsp3) is 0.500. The van der Waals surface area contributed by atoms with Crippen LogP contribution in [-0.2, 0) is 14.8 Å². The third kappa shape index (κ3) is 3.10. The molecule has 1 aliphatic rings. The van der Waals surface area contributed by atoms with E-state index in [1.807, 2.05) is 0 Å². The van der Waals surface area contributed by atoms with Crippen LogP contribution in [0.25, 0.3) is 0 Å². The van der Waals surface area contributed by atoms with Crippen molar-refractivity contribution in [2.75, 3.05) is 25.9 Å². The van der Waals surface area contributed by atoms with Crippen molar-refractivity contribution in [2.24, 2.45) is 0 Å². The Kier molecular flexibility index (Phi) is 4.50. The first-order valence-electron chi connectivity index (χ1n) is 6.03. The number of methoxy groups -OCH3 is 1. The maximum atomic E-state index is 12.6. The van der Waals surface area contributed by atoms with E-state index in [-0.39, 0.29) is 11.0 Å². The highest BCUT2D eigenvalue weighted by atomic mass is 79.9. The number of rotatable bonds is 3. The van der Waals surface area contributed by atoms with Crippen LogP contribution in [0.4, 0.5) is 5.69 Å². The average Bonchev–Trinajstić information content (AvgIpc) is 2.41. The lowest BCUT2D eigenvalue weighted by Crippen LogP contribution is -2.42. The number of benzene rings is 1. The molecule has 0 aromatic heterocycles. The van der Waals surface area contributed by atoms with Gasteiger partial charge in [0.1, 0.15) is 0 Å². The monoisotopic (exact) mass is 348 g/mol. The number of hydrogen-bond donors (Lipinski definition) is 1. The molecule has 1 fully saturated rings. The van der Waals surface area contributed by atoms with Gasteiger partial charge in [0, 0.05) is 30.4 Å². The summed E-state index contributed by atoms with van der Waals surface area (Å²) in [5.74, 6) is 0. The molecular formula is C12H17BrN2O3S. The molecule has 0 radical (unpaired) electrons. The second-order valence-electron chi connectivity index (χ2n) is 4.55. The highest BCUT2D eigenvalue weighted by Crippen LogP contribution is 2.29. The second-order valence-corrected chi connectivity index (χ2v) is 7.31. The number of anilines is 1. The Morgan fingerprint density at radius 3 is 2.89 bits per heavy atom. The van der Waals surface area contributed by atoms with E-state index in [0.717, 1.165) is 12.8 Å². The summed E-state index contributed by atoms with van der Waals surface area (Å²) >= 11 is 3.27. The van der Waals surface area contributed by atoms with E-state index < -0.39 is 10.0 Å². The Morgan fingerprint density at radius 1 is 1.47 bits per heavy atom. The van der Waals surface area contributed by atoms with Crippen LogP contribution >= 0.6 is 15.9 Å². The lowest BCUT2D eigenvalue weighted by molar-refractivity contribution is 0.0572. The molecule has 1 aromatic carbocycles. The Balaban J connectivity index is 2.34. The van der Waals surface area contributed by atoms with Gasteiger partial charge in [0.15, 0.2) is 0 Å². The van der Waals surface area contributed by atoms with Crippen LogP contribution in [0, 0.1) is 0 Å². The van der Waals surface area contributed by atoms with Crippen molar-refractivity contribution in [3.63, 3.8) is 0 Å². The molecule has 1 aromatic rings. The normalized spacial score (nSPS) is 21.5. The Hall–Kier alpha value is -0.630. The third-order valence-corrected chi connectivity index (χ3v) is 6.11. The molecule has 0 aliphatic carbocycles. The second kappa shape index (κ2) is 5.78. The lowest BCUT2D eigenvalue weighted by Gasteiger charge is -2.31. The van der Waals surface area contributed by atoms with Gasteiger partial charge >= 0.3 is 0 Å². The Bertz CT molecular complexity index is 562. The molecule has 0 spiro atoms. The van der Waals surface area contributed by atoms with E-state index in [4.69, 9.17) is 10.5 Å². The summed E-state index contributed by atoms with van der Waals surface area (Å²) in [6, 6.07) is 4.80. The number of piperidine rings is 1. The number of sulfonamides is 1. The zero-order valence-corrected chi connectivity index (χ0v) is 13.1. The van der Waals surface area contributed by atoms with Crippen LogP contribution in [0.1, 0.15) is 12.8 Å². The molecule has 2 rings (SSSR count). The quantitative estimate of drug-likeness (QED) is 0.845. The number of ether oxygens (including phenoxy) is 1. The number of nitrogen functional groups attached to an aromatic ring is 1. The Labute approximate surface area is 121 Å². The van der Waals surface area contributed by atoms with E-state index >= 15 is 0 Å². The van der Waals surface area contributed by atoms with Crippen molar-refractivity contribution in [1.82, 2.24) is 4.31 Å². The van der Waals surface area contributed by atoms with Gasteiger partial charge in [-0.25, -0.2) is 8.42 Å². The van der Waals surface area contributed by atoms with Crippen LogP contribution in [0.5, 0.6) is 0 Å². The van der Waals surface area contributed by atoms with Gasteiger partial charge in [0.2, 0.25) is 10.0 Å². The summed E-state index contributed by atoms with van der Waals surface area (Å²) in [6.45, 7) is 0.906. The number of nitrogens with two attached hydrogens (primary N) is 1. The first kappa shape index (κ1) is 14.8. The van der Waals surface area contributed by atoms with Gasteiger partial charge in [-0.2, -0.15) is 4.31 Å². The van der Waals surface area contributed by atoms with Gasteiger partial charge in [-0.1, -0.05) is 0 Å². The molecule has 1 heterocycles. The molecule has 5 nitrogen and oxygen atoms in total. The van der Waals surface area contributed by atoms with Crippen LogP contribution < -0.4 is 5.73 Å². The average molecular weight is 349 g/mol. The smallest absolute Gasteiger partial charge is 0.244 e. The summed E-state index contributed by atoms with van der Waals surface area (Å²) < 4.78 is 32.5. The molecule has 1 aliphatic heterocycles. The van der Waals surface area contributed by atoms with Gasteiger partial charge in [0.05, 0.1) is 11.0 Å². The fourth-order valence-electron chi connectivity index (χ4n) is 2.17. The van der Waals surface area contributed by atoms with E-state index in [2.05, 4.69) is 15.9 Å². The summed E-state index contributed by atoms with van der Waals surface area (Å²) in [7, 11) is -1.92. The SMILES string of the molecule is COC1CCCN(S(=O)(=O)c2cc(N)ccc2Br)C1. The highest BCUT2D eigenvalue weighted by molar-refractivity contribution is 9.10. The first-order valence-corrected chi connectivity index (χ1v) is 8.26. The zero-order chi connectivity index (χ0) is 14.0. The fourth-order valence-corrected chi connectivity index (χ4v) is 4.64. The van der Waals surface area contributed by atoms with Crippen molar-refractivity contribution in [3.05, 3.63) is 22.7 Å². The van der Waals surface area contributed by atoms with Gasteiger partial charge in [0.25, 0.3) is 0 Å². The maximum absolute atomic E-state index is 12.6. The molecular weight excluding hydrogens is 332 g/mol. The van der Waals surface area contributed by atoms with Crippen molar-refractivity contribution >= 4 is 31.6 Å². The number of nitrogens with zero attached hydrogens (tertiary/aromatic N) is 1. The van der Waals surface area contributed by atoms with Crippen LogP contribution in [0.15, 0.2) is 27.6 Å². The number of halogens is 1. The molecule has 19 heavy (non-hydrogen) atoms. The summed E-state index contributed by atoms with van der Waals surface area (Å²) in [4.78, 5) is 0.212. The van der Waals surface area contributed by atoms with E-state index in [1.165, 1.54) is 10.4 Å². The largest absolute Gasteiger partial charge is 0.399 e. The number of hydrogen-bond acceptors (Lipinski definition) is 4. The van der Waals surface area contributed by atoms with E-state index in [1.54, 1.807) is 19.2 Å². The molecule has 7 heteroatoms. The third-order valence-electron chi connectivity index (χ3n) is 3.25. The standard InChI is InChI=1S/C12H17BrN2O3S/c1-18-10-3-2-6-15(8-10)19(16,17)12-7-9(14)4-5-11(12)13/h4-5,7,10H,2-3,6,8,14H2,1H3. The first-order chi connectivity index (χ1) is 8.95. The minimum Gasteiger partial charge on any atom is -0.399 e. The maximum Gasteiger partial charge on any atom is 0.244 e. The van der Waals surface area contributed by atoms with Crippen molar-refractivity contribution in [3.8, 4) is 0 Å². The van der Waals surface area contributed by atoms with Crippen LogP contribution in [-0.4, -0.2) is 39.0 Å². The lowest BCUT2D eigenvalue weighted by atomic mass is 10.1. The van der Waals surface area contributed by atoms with E-state index in [0.29, 0.717) is 23.2 Å². The minimum absolute atomic E-state index is 0.0386. The minimum atomic E-state index is -3.53. The molecule has 2 N–H and O–H groups in total. The molecule has 0 bridgehead atoms. The molecule has 1 atom stereocenters. The molecule has 1 saturated heterocycles. The topological polar surface area (TPSA) is 72.6 Å². The van der Waals surface area contributed by atoms with E-state index in [9.17, 15) is 8.42 Å². The van der Waals surface area contributed by atoms with Crippen molar-refractivity contribution < 1.29 is 13.2 Å². The summed E-state index contributed by atoms with van der Waals surface area (Å²) in [5, 5.41) is 0. The predicted molar refractivity (Wildman–Crippen MR) is 77.3 cm³/mol. The zero-order valence-electron chi connectivity index (χ0n) is 10.7. The van der Waals surface area contributed by atoms with Gasteiger partial charge < -0.3 is 10.5 Å². The molecule has 0 amide bonds. The van der Waals surface area contributed by atoms with Crippen molar-refractivity contribution in [1.29, 1.82) is 0 Å². The highest BCUT2D eigenvalue weighted by Gasteiger charge is 2.31. The van der Waals surface area contributed by atoms with Crippen LogP contribution in [0.2, 0.25) is 0 Å². The van der Waals surface area contributed by atoms with Crippen molar-refractivity contribution in [2.45, 2.75) is 23.8 Å². The predicted octanol–water partition coefficient (Wildman–Crippen LogP) is 1.83. The molecule has 0 saturated carbocycles. The molecule has 1 unspecified atom stereocenters. The van der Waals surface area contributed by atoms with Gasteiger partial charge in [-0.15, -0.1) is 0 Å². The Morgan fingerprint density at radius 2 is 2.21 bits per heavy atom. The molecule has 106 valence electrons. The van der Waals surface area contributed by atoms with Gasteiger partial charge in [-0.05, 0) is 47.0 Å². The van der Waals surface area contributed by atoms with Gasteiger partial charge in [-0.3, -0.25) is 0 Å². The summed E-state index contributed by atoms with van der Waals surface area (Å²) in [6.07, 6.45) is 1.65. The summed E-state index contributed by atoms with van der Waals surface area (Å²) in [5.41, 5.74) is 6.11. The van der Waals surface area contributed by atoms with Crippen LogP contribution in [0.3, 0.4) is 0 Å².